The second kappa shape index (κ2) is 8.72. The fourth-order valence-corrected chi connectivity index (χ4v) is 3.18. The third kappa shape index (κ3) is 4.99. The number of carbonyl (C=O) groups is 1. The molecule has 0 radical (unpaired) electrons. The molecule has 0 bridgehead atoms. The van der Waals surface area contributed by atoms with Gasteiger partial charge in [-0.05, 0) is 73.6 Å². The van der Waals surface area contributed by atoms with Crippen LogP contribution in [0.5, 0.6) is 5.75 Å². The number of unbranched alkanes of at least 4 members (excludes halogenated alkanes) is 1. The van der Waals surface area contributed by atoms with Crippen LogP contribution in [0, 0.1) is 23.7 Å². The second-order valence-electron chi connectivity index (χ2n) is 7.27. The zero-order valence-corrected chi connectivity index (χ0v) is 15.6. The van der Waals surface area contributed by atoms with Crippen LogP contribution in [0.15, 0.2) is 48.5 Å². The zero-order chi connectivity index (χ0) is 18.4. The summed E-state index contributed by atoms with van der Waals surface area (Å²) in [5, 5.41) is 0. The molecule has 0 spiro atoms. The Morgan fingerprint density at radius 1 is 1.00 bits per heavy atom. The first-order valence-electron chi connectivity index (χ1n) is 9.56. The molecule has 0 amide bonds. The molecule has 3 rings (SSSR count). The van der Waals surface area contributed by atoms with Gasteiger partial charge in [0, 0.05) is 11.1 Å². The van der Waals surface area contributed by atoms with Gasteiger partial charge in [0.05, 0.1) is 5.92 Å². The van der Waals surface area contributed by atoms with Gasteiger partial charge in [-0.2, -0.15) is 0 Å². The summed E-state index contributed by atoms with van der Waals surface area (Å²) >= 11 is 0. The molecule has 0 saturated heterocycles. The molecule has 1 aliphatic carbocycles. The van der Waals surface area contributed by atoms with E-state index >= 15 is 0 Å². The standard InChI is InChI=1S/C24H26O2/c1-3-4-5-19-6-8-20(9-7-19)10-11-21-12-14-23(15-13-21)26-24(25)22-16-18(2)17-22/h6-9,12-15,18,22H,3-5,16-17H2,1-2H3. The van der Waals surface area contributed by atoms with E-state index in [9.17, 15) is 4.79 Å². The van der Waals surface area contributed by atoms with Gasteiger partial charge in [-0.1, -0.05) is 44.2 Å². The third-order valence-corrected chi connectivity index (χ3v) is 4.90. The average Bonchev–Trinajstić information content (AvgIpc) is 2.64. The van der Waals surface area contributed by atoms with Gasteiger partial charge in [0.15, 0.2) is 0 Å². The van der Waals surface area contributed by atoms with Gasteiger partial charge in [-0.3, -0.25) is 4.79 Å². The van der Waals surface area contributed by atoms with Crippen molar-refractivity contribution in [1.82, 2.24) is 0 Å². The number of hydrogen-bond acceptors (Lipinski definition) is 2. The van der Waals surface area contributed by atoms with E-state index in [0.717, 1.165) is 30.4 Å². The van der Waals surface area contributed by atoms with Crippen LogP contribution in [0.2, 0.25) is 0 Å². The van der Waals surface area contributed by atoms with E-state index in [1.54, 1.807) is 0 Å². The van der Waals surface area contributed by atoms with E-state index < -0.39 is 0 Å². The summed E-state index contributed by atoms with van der Waals surface area (Å²) in [5.74, 6) is 7.56. The highest BCUT2D eigenvalue weighted by molar-refractivity contribution is 5.76. The maximum Gasteiger partial charge on any atom is 0.314 e. The number of ether oxygens (including phenoxy) is 1. The lowest BCUT2D eigenvalue weighted by Gasteiger charge is -2.30. The minimum Gasteiger partial charge on any atom is -0.426 e. The molecule has 2 aromatic carbocycles. The monoisotopic (exact) mass is 346 g/mol. The van der Waals surface area contributed by atoms with Crippen molar-refractivity contribution >= 4 is 5.97 Å². The lowest BCUT2D eigenvalue weighted by molar-refractivity contribution is -0.143. The summed E-state index contributed by atoms with van der Waals surface area (Å²) in [6.45, 7) is 4.37. The first-order valence-corrected chi connectivity index (χ1v) is 9.56. The van der Waals surface area contributed by atoms with Gasteiger partial charge in [0.1, 0.15) is 5.75 Å². The summed E-state index contributed by atoms with van der Waals surface area (Å²) in [5.41, 5.74) is 3.29. The molecule has 0 aromatic heterocycles. The Hall–Kier alpha value is -2.53. The maximum absolute atomic E-state index is 12.0. The van der Waals surface area contributed by atoms with Crippen molar-refractivity contribution in [2.24, 2.45) is 11.8 Å². The topological polar surface area (TPSA) is 26.3 Å². The predicted molar refractivity (Wildman–Crippen MR) is 105 cm³/mol. The Balaban J connectivity index is 1.56. The lowest BCUT2D eigenvalue weighted by atomic mass is 9.76. The van der Waals surface area contributed by atoms with Crippen LogP contribution in [0.3, 0.4) is 0 Å². The zero-order valence-electron chi connectivity index (χ0n) is 15.6. The summed E-state index contributed by atoms with van der Waals surface area (Å²) in [4.78, 5) is 12.0. The fraction of sp³-hybridized carbons (Fsp3) is 0.375. The van der Waals surface area contributed by atoms with Gasteiger partial charge in [-0.15, -0.1) is 0 Å². The van der Waals surface area contributed by atoms with Crippen LogP contribution >= 0.6 is 0 Å². The lowest BCUT2D eigenvalue weighted by Crippen LogP contribution is -2.31. The Bertz CT molecular complexity index is 785. The molecule has 26 heavy (non-hydrogen) atoms. The number of esters is 1. The van der Waals surface area contributed by atoms with Crippen LogP contribution in [-0.2, 0) is 11.2 Å². The van der Waals surface area contributed by atoms with Crippen LogP contribution in [0.4, 0.5) is 0 Å². The highest BCUT2D eigenvalue weighted by atomic mass is 16.5. The normalized spacial score (nSPS) is 18.4. The molecule has 2 heteroatoms. The quantitative estimate of drug-likeness (QED) is 0.413. The van der Waals surface area contributed by atoms with Gasteiger partial charge < -0.3 is 4.74 Å². The van der Waals surface area contributed by atoms with E-state index in [0.29, 0.717) is 11.7 Å². The smallest absolute Gasteiger partial charge is 0.314 e. The van der Waals surface area contributed by atoms with E-state index in [-0.39, 0.29) is 11.9 Å². The first kappa shape index (κ1) is 18.3. The summed E-state index contributed by atoms with van der Waals surface area (Å²) < 4.78 is 5.44. The first-order chi connectivity index (χ1) is 12.6. The Morgan fingerprint density at radius 3 is 2.12 bits per heavy atom. The minimum atomic E-state index is -0.106. The number of rotatable bonds is 5. The molecule has 134 valence electrons. The Morgan fingerprint density at radius 2 is 1.58 bits per heavy atom. The molecular weight excluding hydrogens is 320 g/mol. The average molecular weight is 346 g/mol. The largest absolute Gasteiger partial charge is 0.426 e. The summed E-state index contributed by atoms with van der Waals surface area (Å²) in [7, 11) is 0. The molecular formula is C24H26O2. The molecule has 0 atom stereocenters. The fourth-order valence-electron chi connectivity index (χ4n) is 3.18. The molecule has 1 fully saturated rings. The van der Waals surface area contributed by atoms with Gasteiger partial charge >= 0.3 is 5.97 Å². The molecule has 0 unspecified atom stereocenters. The third-order valence-electron chi connectivity index (χ3n) is 4.90. The maximum atomic E-state index is 12.0. The van der Waals surface area contributed by atoms with Crippen molar-refractivity contribution in [3.8, 4) is 17.6 Å². The van der Waals surface area contributed by atoms with Crippen molar-refractivity contribution in [2.75, 3.05) is 0 Å². The summed E-state index contributed by atoms with van der Waals surface area (Å²) in [6.07, 6.45) is 5.46. The van der Waals surface area contributed by atoms with E-state index in [1.165, 1.54) is 18.4 Å². The van der Waals surface area contributed by atoms with E-state index in [1.807, 2.05) is 24.3 Å². The highest BCUT2D eigenvalue weighted by Gasteiger charge is 2.32. The molecule has 0 aliphatic heterocycles. The van der Waals surface area contributed by atoms with Crippen molar-refractivity contribution < 1.29 is 9.53 Å². The van der Waals surface area contributed by atoms with E-state index in [2.05, 4.69) is 50.0 Å². The van der Waals surface area contributed by atoms with Gasteiger partial charge in [-0.25, -0.2) is 0 Å². The summed E-state index contributed by atoms with van der Waals surface area (Å²) in [6, 6.07) is 15.9. The highest BCUT2D eigenvalue weighted by Crippen LogP contribution is 2.34. The van der Waals surface area contributed by atoms with Gasteiger partial charge in [0.2, 0.25) is 0 Å². The van der Waals surface area contributed by atoms with Crippen LogP contribution in [-0.4, -0.2) is 5.97 Å². The number of carbonyl (C=O) groups excluding carboxylic acids is 1. The Labute approximate surface area is 156 Å². The van der Waals surface area contributed by atoms with Crippen molar-refractivity contribution in [3.05, 3.63) is 65.2 Å². The molecule has 0 N–H and O–H groups in total. The number of hydrogen-bond donors (Lipinski definition) is 0. The SMILES string of the molecule is CCCCc1ccc(C#Cc2ccc(OC(=O)C3CC(C)C3)cc2)cc1. The van der Waals surface area contributed by atoms with Crippen molar-refractivity contribution in [2.45, 2.75) is 46.0 Å². The molecule has 1 aliphatic rings. The van der Waals surface area contributed by atoms with E-state index in [4.69, 9.17) is 4.74 Å². The van der Waals surface area contributed by atoms with Crippen molar-refractivity contribution in [1.29, 1.82) is 0 Å². The molecule has 2 aromatic rings. The van der Waals surface area contributed by atoms with Crippen LogP contribution in [0.25, 0.3) is 0 Å². The van der Waals surface area contributed by atoms with Crippen LogP contribution in [0.1, 0.15) is 56.2 Å². The second-order valence-corrected chi connectivity index (χ2v) is 7.27. The predicted octanol–water partition coefficient (Wildman–Crippen LogP) is 5.38. The van der Waals surface area contributed by atoms with Crippen LogP contribution < -0.4 is 4.74 Å². The number of benzene rings is 2. The minimum absolute atomic E-state index is 0.0739. The van der Waals surface area contributed by atoms with Gasteiger partial charge in [0.25, 0.3) is 0 Å². The Kier molecular flexibility index (Phi) is 6.12. The number of aryl methyl sites for hydroxylation is 1. The molecule has 1 saturated carbocycles. The van der Waals surface area contributed by atoms with Crippen molar-refractivity contribution in [3.63, 3.8) is 0 Å². The molecule has 0 heterocycles. The molecule has 2 nitrogen and oxygen atoms in total.